The van der Waals surface area contributed by atoms with Gasteiger partial charge in [-0.2, -0.15) is 0 Å². The summed E-state index contributed by atoms with van der Waals surface area (Å²) in [5.41, 5.74) is 2.89. The Morgan fingerprint density at radius 1 is 1.20 bits per heavy atom. The van der Waals surface area contributed by atoms with Gasteiger partial charge in [0.15, 0.2) is 0 Å². The van der Waals surface area contributed by atoms with E-state index in [4.69, 9.17) is 0 Å². The molecule has 1 aliphatic carbocycles. The van der Waals surface area contributed by atoms with Crippen LogP contribution in [0.1, 0.15) is 30.9 Å². The number of fused-ring (bicyclic) bond motifs is 1. The molecule has 3 heteroatoms. The number of halogens is 2. The van der Waals surface area contributed by atoms with E-state index in [-0.39, 0.29) is 0 Å². The molecule has 1 unspecified atom stereocenters. The van der Waals surface area contributed by atoms with Crippen LogP contribution in [0, 0.1) is 5.92 Å². The van der Waals surface area contributed by atoms with Gasteiger partial charge in [-0.25, -0.2) is 0 Å². The summed E-state index contributed by atoms with van der Waals surface area (Å²) in [7, 11) is 0. The van der Waals surface area contributed by atoms with Gasteiger partial charge in [-0.15, -0.1) is 0 Å². The van der Waals surface area contributed by atoms with Gasteiger partial charge in [0.2, 0.25) is 0 Å². The molecule has 0 heterocycles. The fourth-order valence-electron chi connectivity index (χ4n) is 1.86. The second kappa shape index (κ2) is 6.32. The van der Waals surface area contributed by atoms with Gasteiger partial charge in [0.25, 0.3) is 0 Å². The van der Waals surface area contributed by atoms with Crippen LogP contribution in [-0.2, 0) is 24.5 Å². The van der Waals surface area contributed by atoms with Crippen LogP contribution in [-0.4, -0.2) is 0 Å². The van der Waals surface area contributed by atoms with Crippen molar-refractivity contribution in [2.75, 3.05) is 0 Å². The molecule has 0 aromatic heterocycles. The maximum absolute atomic E-state index is 9.80. The van der Waals surface area contributed by atoms with E-state index >= 15 is 0 Å². The third-order valence-electron chi connectivity index (χ3n) is 2.56. The normalized spacial score (nSPS) is 17.0. The van der Waals surface area contributed by atoms with Crippen molar-refractivity contribution in [1.82, 2.24) is 0 Å². The van der Waals surface area contributed by atoms with Crippen molar-refractivity contribution in [1.29, 1.82) is 0 Å². The SMILES string of the molecule is CC(C)C1C=Cc2ccccc21.[F][Zr][F]. The third-order valence-corrected chi connectivity index (χ3v) is 2.56. The fraction of sp³-hybridized carbons (Fsp3) is 0.333. The van der Waals surface area contributed by atoms with Gasteiger partial charge in [0.05, 0.1) is 0 Å². The molecule has 0 saturated heterocycles. The standard InChI is InChI=1S/C12H14.2FH.Zr/c1-9(2)11-8-7-10-5-3-4-6-12(10)11;;;/h3-9,11H,1-2H3;2*1H;/q;;;+2/p-2. The molecule has 0 bridgehead atoms. The first-order valence-electron chi connectivity index (χ1n) is 4.94. The number of rotatable bonds is 1. The summed E-state index contributed by atoms with van der Waals surface area (Å²) in [5.74, 6) is 1.35. The molecular formula is C12H14F2Zr. The molecule has 1 aromatic carbocycles. The summed E-state index contributed by atoms with van der Waals surface area (Å²) in [4.78, 5) is 0. The van der Waals surface area contributed by atoms with Gasteiger partial charge in [-0.05, 0) is 17.0 Å². The maximum atomic E-state index is 9.80. The Labute approximate surface area is 103 Å². The van der Waals surface area contributed by atoms with Crippen LogP contribution in [0.3, 0.4) is 0 Å². The Bertz CT molecular complexity index is 334. The van der Waals surface area contributed by atoms with Crippen LogP contribution in [0.25, 0.3) is 6.08 Å². The molecule has 0 spiro atoms. The summed E-state index contributed by atoms with van der Waals surface area (Å²) >= 11 is -2.77. The Hall–Kier alpha value is -0.297. The van der Waals surface area contributed by atoms with Crippen molar-refractivity contribution < 1.29 is 29.7 Å². The molecule has 0 aliphatic heterocycles. The van der Waals surface area contributed by atoms with E-state index in [1.165, 1.54) is 11.1 Å². The predicted molar refractivity (Wildman–Crippen MR) is 55.3 cm³/mol. The topological polar surface area (TPSA) is 0 Å². The minimum absolute atomic E-state index is 0.640. The van der Waals surface area contributed by atoms with E-state index in [2.05, 4.69) is 50.3 Å². The Morgan fingerprint density at radius 3 is 2.40 bits per heavy atom. The van der Waals surface area contributed by atoms with Gasteiger partial charge in [-0.1, -0.05) is 50.3 Å². The monoisotopic (exact) mass is 286 g/mol. The van der Waals surface area contributed by atoms with E-state index in [9.17, 15) is 5.25 Å². The molecule has 0 radical (unpaired) electrons. The van der Waals surface area contributed by atoms with Crippen molar-refractivity contribution in [3.05, 3.63) is 41.5 Å². The average molecular weight is 287 g/mol. The first-order chi connectivity index (χ1) is 7.20. The number of hydrogen-bond donors (Lipinski definition) is 0. The van der Waals surface area contributed by atoms with Crippen LogP contribution in [0.2, 0.25) is 0 Å². The number of benzene rings is 1. The molecule has 0 saturated carbocycles. The van der Waals surface area contributed by atoms with E-state index in [1.807, 2.05) is 0 Å². The third kappa shape index (κ3) is 3.34. The predicted octanol–water partition coefficient (Wildman–Crippen LogP) is 4.29. The van der Waals surface area contributed by atoms with Gasteiger partial charge >= 0.3 is 29.7 Å². The molecule has 2 rings (SSSR count). The van der Waals surface area contributed by atoms with E-state index in [0.29, 0.717) is 11.8 Å². The van der Waals surface area contributed by atoms with Crippen LogP contribution < -0.4 is 0 Å². The fourth-order valence-corrected chi connectivity index (χ4v) is 1.86. The van der Waals surface area contributed by atoms with Crippen LogP contribution in [0.15, 0.2) is 30.3 Å². The van der Waals surface area contributed by atoms with E-state index in [1.54, 1.807) is 0 Å². The van der Waals surface area contributed by atoms with Crippen LogP contribution in [0.5, 0.6) is 0 Å². The molecule has 1 atom stereocenters. The Kier molecular flexibility index (Phi) is 5.38. The second-order valence-electron chi connectivity index (χ2n) is 3.83. The molecule has 1 aliphatic rings. The Balaban J connectivity index is 0.000000337. The van der Waals surface area contributed by atoms with E-state index < -0.39 is 24.5 Å². The summed E-state index contributed by atoms with van der Waals surface area (Å²) in [6, 6.07) is 8.65. The zero-order chi connectivity index (χ0) is 11.3. The van der Waals surface area contributed by atoms with Gasteiger partial charge < -0.3 is 0 Å². The number of hydrogen-bond acceptors (Lipinski definition) is 0. The summed E-state index contributed by atoms with van der Waals surface area (Å²) in [5, 5.41) is 0. The average Bonchev–Trinajstić information content (AvgIpc) is 2.62. The Morgan fingerprint density at radius 2 is 1.80 bits per heavy atom. The van der Waals surface area contributed by atoms with Gasteiger partial charge in [0, 0.05) is 5.92 Å². The summed E-state index contributed by atoms with van der Waals surface area (Å²) in [6.07, 6.45) is 4.55. The molecule has 1 aromatic rings. The molecule has 15 heavy (non-hydrogen) atoms. The van der Waals surface area contributed by atoms with Gasteiger partial charge in [0.1, 0.15) is 0 Å². The van der Waals surface area contributed by atoms with Crippen molar-refractivity contribution in [2.24, 2.45) is 5.92 Å². The van der Waals surface area contributed by atoms with Crippen molar-refractivity contribution in [3.8, 4) is 0 Å². The van der Waals surface area contributed by atoms with Crippen molar-refractivity contribution in [2.45, 2.75) is 19.8 Å². The molecular weight excluding hydrogens is 273 g/mol. The minimum atomic E-state index is -2.77. The van der Waals surface area contributed by atoms with Crippen molar-refractivity contribution >= 4 is 6.08 Å². The zero-order valence-electron chi connectivity index (χ0n) is 8.87. The first-order valence-corrected chi connectivity index (χ1v) is 6.80. The summed E-state index contributed by atoms with van der Waals surface area (Å²) in [6.45, 7) is 4.55. The van der Waals surface area contributed by atoms with E-state index in [0.717, 1.165) is 0 Å². The quantitative estimate of drug-likeness (QED) is 0.723. The van der Waals surface area contributed by atoms with Crippen molar-refractivity contribution in [3.63, 3.8) is 0 Å². The number of allylic oxidation sites excluding steroid dienone is 1. The summed E-state index contributed by atoms with van der Waals surface area (Å²) < 4.78 is 19.6. The van der Waals surface area contributed by atoms with Gasteiger partial charge in [-0.3, -0.25) is 0 Å². The molecule has 0 N–H and O–H groups in total. The van der Waals surface area contributed by atoms with Crippen LogP contribution >= 0.6 is 0 Å². The zero-order valence-corrected chi connectivity index (χ0v) is 11.3. The molecule has 0 nitrogen and oxygen atoms in total. The molecule has 0 fully saturated rings. The molecule has 0 amide bonds. The molecule has 80 valence electrons. The van der Waals surface area contributed by atoms with Crippen LogP contribution in [0.4, 0.5) is 5.25 Å². The first kappa shape index (κ1) is 12.8. The second-order valence-corrected chi connectivity index (χ2v) is 4.18.